The van der Waals surface area contributed by atoms with Crippen molar-refractivity contribution in [3.8, 4) is 0 Å². The van der Waals surface area contributed by atoms with Crippen LogP contribution in [-0.2, 0) is 6.54 Å². The van der Waals surface area contributed by atoms with Crippen LogP contribution in [0.5, 0.6) is 0 Å². The van der Waals surface area contributed by atoms with Crippen LogP contribution in [0.4, 0.5) is 0 Å². The molecule has 0 aliphatic heterocycles. The average Bonchev–Trinajstić information content (AvgIpc) is 2.29. The Morgan fingerprint density at radius 1 is 1.33 bits per heavy atom. The number of hydrogen-bond donors (Lipinski definition) is 0. The molecule has 1 aromatic carbocycles. The molecule has 0 aliphatic carbocycles. The zero-order valence-electron chi connectivity index (χ0n) is 7.75. The van der Waals surface area contributed by atoms with Gasteiger partial charge in [-0.25, -0.2) is 4.79 Å². The molecule has 5 nitrogen and oxygen atoms in total. The van der Waals surface area contributed by atoms with Crippen molar-refractivity contribution in [1.29, 1.82) is 0 Å². The second-order valence-corrected chi connectivity index (χ2v) is 2.98. The van der Waals surface area contributed by atoms with Gasteiger partial charge in [-0.15, -0.1) is 0 Å². The van der Waals surface area contributed by atoms with Crippen LogP contribution in [0.25, 0.3) is 21.2 Å². The lowest BCUT2D eigenvalue weighted by Gasteiger charge is -2.00. The Kier molecular flexibility index (Phi) is 2.39. The molecule has 0 bridgehead atoms. The summed E-state index contributed by atoms with van der Waals surface area (Å²) in [6, 6.07) is 7.06. The highest BCUT2D eigenvalue weighted by atomic mass is 16.4. The maximum absolute atomic E-state index is 11.3. The third-order valence-electron chi connectivity index (χ3n) is 2.11. The molecule has 0 saturated heterocycles. The third-order valence-corrected chi connectivity index (χ3v) is 2.11. The van der Waals surface area contributed by atoms with Gasteiger partial charge in [-0.1, -0.05) is 23.3 Å². The van der Waals surface area contributed by atoms with Crippen LogP contribution in [0.1, 0.15) is 5.56 Å². The monoisotopic (exact) mass is 201 g/mol. The van der Waals surface area contributed by atoms with E-state index in [4.69, 9.17) is 9.95 Å². The van der Waals surface area contributed by atoms with E-state index in [0.717, 1.165) is 5.39 Å². The molecule has 0 atom stereocenters. The van der Waals surface area contributed by atoms with Crippen LogP contribution < -0.4 is 5.63 Å². The topological polar surface area (TPSA) is 79.0 Å². The van der Waals surface area contributed by atoms with Crippen LogP contribution in [0.15, 0.2) is 44.9 Å². The van der Waals surface area contributed by atoms with Crippen LogP contribution in [-0.4, -0.2) is 0 Å². The molecule has 15 heavy (non-hydrogen) atoms. The van der Waals surface area contributed by atoms with E-state index in [2.05, 4.69) is 10.0 Å². The standard InChI is InChI=1S/C10H7N3O2/c11-13-12-5-7-6-15-10(14)9-4-2-1-3-8(7)9/h1-4,6H,5H2. The molecule has 2 aromatic rings. The highest BCUT2D eigenvalue weighted by Crippen LogP contribution is 2.15. The smallest absolute Gasteiger partial charge is 0.343 e. The van der Waals surface area contributed by atoms with Gasteiger partial charge in [0, 0.05) is 10.5 Å². The first kappa shape index (κ1) is 9.30. The Labute approximate surface area is 84.6 Å². The highest BCUT2D eigenvalue weighted by Gasteiger charge is 2.03. The van der Waals surface area contributed by atoms with Crippen molar-refractivity contribution in [3.05, 3.63) is 57.0 Å². The van der Waals surface area contributed by atoms with E-state index in [1.807, 2.05) is 6.07 Å². The molecule has 0 fully saturated rings. The Morgan fingerprint density at radius 3 is 2.80 bits per heavy atom. The van der Waals surface area contributed by atoms with Crippen LogP contribution in [0.3, 0.4) is 0 Å². The summed E-state index contributed by atoms with van der Waals surface area (Å²) in [5.41, 5.74) is 8.55. The Balaban J connectivity index is 2.71. The fourth-order valence-corrected chi connectivity index (χ4v) is 1.42. The van der Waals surface area contributed by atoms with Crippen molar-refractivity contribution >= 4 is 10.8 Å². The molecule has 0 N–H and O–H groups in total. The Bertz CT molecular complexity index is 597. The van der Waals surface area contributed by atoms with Gasteiger partial charge < -0.3 is 4.42 Å². The summed E-state index contributed by atoms with van der Waals surface area (Å²) < 4.78 is 4.83. The summed E-state index contributed by atoms with van der Waals surface area (Å²) in [4.78, 5) is 14.0. The Morgan fingerprint density at radius 2 is 2.07 bits per heavy atom. The largest absolute Gasteiger partial charge is 0.431 e. The maximum Gasteiger partial charge on any atom is 0.343 e. The Hall–Kier alpha value is -2.26. The van der Waals surface area contributed by atoms with Crippen molar-refractivity contribution in [2.45, 2.75) is 6.54 Å². The molecule has 0 amide bonds. The van der Waals surface area contributed by atoms with Gasteiger partial charge in [-0.3, -0.25) is 0 Å². The average molecular weight is 201 g/mol. The lowest BCUT2D eigenvalue weighted by atomic mass is 10.1. The van der Waals surface area contributed by atoms with E-state index < -0.39 is 0 Å². The van der Waals surface area contributed by atoms with Gasteiger partial charge in [0.25, 0.3) is 0 Å². The summed E-state index contributed by atoms with van der Waals surface area (Å²) in [5.74, 6) is 0. The minimum atomic E-state index is -0.379. The predicted molar refractivity (Wildman–Crippen MR) is 55.3 cm³/mol. The maximum atomic E-state index is 11.3. The number of benzene rings is 1. The van der Waals surface area contributed by atoms with Crippen molar-refractivity contribution < 1.29 is 4.42 Å². The second-order valence-electron chi connectivity index (χ2n) is 2.98. The van der Waals surface area contributed by atoms with E-state index in [1.54, 1.807) is 18.2 Å². The lowest BCUT2D eigenvalue weighted by Crippen LogP contribution is -2.00. The fourth-order valence-electron chi connectivity index (χ4n) is 1.42. The van der Waals surface area contributed by atoms with Gasteiger partial charge >= 0.3 is 5.63 Å². The number of hydrogen-bond acceptors (Lipinski definition) is 3. The lowest BCUT2D eigenvalue weighted by molar-refractivity contribution is 0.513. The van der Waals surface area contributed by atoms with E-state index in [9.17, 15) is 4.79 Å². The van der Waals surface area contributed by atoms with E-state index in [0.29, 0.717) is 10.9 Å². The molecule has 0 radical (unpaired) electrons. The molecule has 0 aliphatic rings. The molecule has 0 saturated carbocycles. The van der Waals surface area contributed by atoms with Gasteiger partial charge in [0.15, 0.2) is 0 Å². The first-order valence-electron chi connectivity index (χ1n) is 4.33. The summed E-state index contributed by atoms with van der Waals surface area (Å²) >= 11 is 0. The molecule has 1 aromatic heterocycles. The molecular weight excluding hydrogens is 194 g/mol. The summed E-state index contributed by atoms with van der Waals surface area (Å²) in [6.07, 6.45) is 1.33. The van der Waals surface area contributed by atoms with Gasteiger partial charge in [0.1, 0.15) is 0 Å². The van der Waals surface area contributed by atoms with Gasteiger partial charge in [0.05, 0.1) is 18.2 Å². The van der Waals surface area contributed by atoms with Gasteiger partial charge in [-0.2, -0.15) is 0 Å². The van der Waals surface area contributed by atoms with Crippen molar-refractivity contribution in [1.82, 2.24) is 0 Å². The quantitative estimate of drug-likeness (QED) is 0.425. The minimum absolute atomic E-state index is 0.181. The van der Waals surface area contributed by atoms with Crippen LogP contribution >= 0.6 is 0 Å². The first-order chi connectivity index (χ1) is 7.33. The van der Waals surface area contributed by atoms with Gasteiger partial charge in [-0.05, 0) is 17.0 Å². The number of rotatable bonds is 2. The van der Waals surface area contributed by atoms with Crippen molar-refractivity contribution in [2.75, 3.05) is 0 Å². The van der Waals surface area contributed by atoms with E-state index in [-0.39, 0.29) is 12.2 Å². The number of azide groups is 1. The third kappa shape index (κ3) is 1.68. The summed E-state index contributed by atoms with van der Waals surface area (Å²) in [6.45, 7) is 0.181. The van der Waals surface area contributed by atoms with E-state index in [1.165, 1.54) is 6.26 Å². The van der Waals surface area contributed by atoms with Gasteiger partial charge in [0.2, 0.25) is 0 Å². The van der Waals surface area contributed by atoms with Crippen LogP contribution in [0.2, 0.25) is 0 Å². The zero-order chi connectivity index (χ0) is 10.7. The molecule has 0 unspecified atom stereocenters. The number of nitrogens with zero attached hydrogens (tertiary/aromatic N) is 3. The number of fused-ring (bicyclic) bond motifs is 1. The predicted octanol–water partition coefficient (Wildman–Crippen LogP) is 2.60. The molecule has 0 spiro atoms. The van der Waals surface area contributed by atoms with Crippen molar-refractivity contribution in [3.63, 3.8) is 0 Å². The van der Waals surface area contributed by atoms with Crippen LogP contribution in [0, 0.1) is 0 Å². The summed E-state index contributed by atoms with van der Waals surface area (Å²) in [5, 5.41) is 4.71. The van der Waals surface area contributed by atoms with Crippen molar-refractivity contribution in [2.24, 2.45) is 5.11 Å². The highest BCUT2D eigenvalue weighted by molar-refractivity contribution is 5.83. The second kappa shape index (κ2) is 3.86. The minimum Gasteiger partial charge on any atom is -0.431 e. The fraction of sp³-hybridized carbons (Fsp3) is 0.100. The first-order valence-corrected chi connectivity index (χ1v) is 4.33. The molecule has 74 valence electrons. The molecule has 5 heteroatoms. The SMILES string of the molecule is [N-]=[N+]=NCc1coc(=O)c2ccccc12. The molecule has 2 rings (SSSR count). The molecular formula is C10H7N3O2. The summed E-state index contributed by atoms with van der Waals surface area (Å²) in [7, 11) is 0. The van der Waals surface area contributed by atoms with E-state index >= 15 is 0 Å². The normalized spacial score (nSPS) is 9.87. The zero-order valence-corrected chi connectivity index (χ0v) is 7.75. The molecule has 1 heterocycles.